The molecule has 0 radical (unpaired) electrons. The van der Waals surface area contributed by atoms with Gasteiger partial charge in [-0.1, -0.05) is 24.3 Å². The topological polar surface area (TPSA) is 164 Å². The standard InChI is InChI=1S/C15H20N8O/c16-14(17)20-7-10-1-3-11(4-2-10)9-23-13(24)12(5-6-22-23)8-21-15(18)19/h1-6H,7-9H2,(H4,16,17,20)(H4,18,19,21). The van der Waals surface area contributed by atoms with Crippen LogP contribution in [0.2, 0.25) is 0 Å². The number of hydrogen-bond acceptors (Lipinski definition) is 4. The average Bonchev–Trinajstić information content (AvgIpc) is 2.55. The molecule has 24 heavy (non-hydrogen) atoms. The van der Waals surface area contributed by atoms with Crippen molar-refractivity contribution in [2.45, 2.75) is 19.6 Å². The summed E-state index contributed by atoms with van der Waals surface area (Å²) in [5, 5.41) is 4.08. The number of nitrogens with zero attached hydrogens (tertiary/aromatic N) is 4. The van der Waals surface area contributed by atoms with Gasteiger partial charge in [0.1, 0.15) is 0 Å². The van der Waals surface area contributed by atoms with Crippen molar-refractivity contribution in [2.75, 3.05) is 0 Å². The molecule has 0 saturated heterocycles. The van der Waals surface area contributed by atoms with E-state index in [1.165, 1.54) is 4.68 Å². The molecule has 0 unspecified atom stereocenters. The maximum absolute atomic E-state index is 12.3. The van der Waals surface area contributed by atoms with E-state index in [2.05, 4.69) is 15.1 Å². The van der Waals surface area contributed by atoms with Gasteiger partial charge in [0.05, 0.1) is 19.6 Å². The summed E-state index contributed by atoms with van der Waals surface area (Å²) in [7, 11) is 0. The van der Waals surface area contributed by atoms with Gasteiger partial charge >= 0.3 is 0 Å². The van der Waals surface area contributed by atoms with Crippen LogP contribution in [0.3, 0.4) is 0 Å². The second-order valence-electron chi connectivity index (χ2n) is 5.12. The van der Waals surface area contributed by atoms with E-state index in [-0.39, 0.29) is 24.0 Å². The first-order valence-corrected chi connectivity index (χ1v) is 7.19. The van der Waals surface area contributed by atoms with Crippen LogP contribution in [0.4, 0.5) is 0 Å². The zero-order valence-corrected chi connectivity index (χ0v) is 13.1. The van der Waals surface area contributed by atoms with Gasteiger partial charge in [0.2, 0.25) is 0 Å². The van der Waals surface area contributed by atoms with E-state index in [9.17, 15) is 4.79 Å². The summed E-state index contributed by atoms with van der Waals surface area (Å²) in [6.07, 6.45) is 1.55. The van der Waals surface area contributed by atoms with Crippen molar-refractivity contribution in [1.29, 1.82) is 0 Å². The maximum atomic E-state index is 12.3. The Hall–Kier alpha value is -3.36. The van der Waals surface area contributed by atoms with E-state index >= 15 is 0 Å². The van der Waals surface area contributed by atoms with E-state index < -0.39 is 0 Å². The van der Waals surface area contributed by atoms with E-state index in [0.29, 0.717) is 18.7 Å². The molecule has 0 aliphatic heterocycles. The van der Waals surface area contributed by atoms with Gasteiger partial charge in [-0.15, -0.1) is 0 Å². The van der Waals surface area contributed by atoms with Crippen molar-refractivity contribution >= 4 is 11.9 Å². The molecular formula is C15H20N8O. The highest BCUT2D eigenvalue weighted by Gasteiger charge is 2.05. The number of aromatic nitrogens is 2. The third kappa shape index (κ3) is 4.83. The summed E-state index contributed by atoms with van der Waals surface area (Å²) in [5.41, 5.74) is 23.3. The molecule has 2 aromatic rings. The van der Waals surface area contributed by atoms with Crippen LogP contribution in [-0.2, 0) is 19.6 Å². The van der Waals surface area contributed by atoms with E-state index in [0.717, 1.165) is 11.1 Å². The van der Waals surface area contributed by atoms with Crippen LogP contribution in [0.25, 0.3) is 0 Å². The molecule has 0 amide bonds. The first-order valence-electron chi connectivity index (χ1n) is 7.19. The van der Waals surface area contributed by atoms with Gasteiger partial charge in [-0.3, -0.25) is 4.79 Å². The fourth-order valence-electron chi connectivity index (χ4n) is 2.01. The molecule has 1 heterocycles. The Morgan fingerprint density at radius 3 is 2.12 bits per heavy atom. The molecule has 0 atom stereocenters. The minimum atomic E-state index is -0.230. The molecule has 1 aromatic carbocycles. The van der Waals surface area contributed by atoms with Gasteiger partial charge in [-0.05, 0) is 17.2 Å². The van der Waals surface area contributed by atoms with Crippen LogP contribution in [0.1, 0.15) is 16.7 Å². The molecule has 0 aliphatic carbocycles. The van der Waals surface area contributed by atoms with Crippen LogP contribution in [0.15, 0.2) is 51.3 Å². The molecule has 126 valence electrons. The zero-order valence-electron chi connectivity index (χ0n) is 13.1. The van der Waals surface area contributed by atoms with Crippen molar-refractivity contribution in [3.8, 4) is 0 Å². The summed E-state index contributed by atoms with van der Waals surface area (Å²) in [6, 6.07) is 9.19. The fraction of sp³-hybridized carbons (Fsp3) is 0.200. The van der Waals surface area contributed by atoms with E-state index in [1.807, 2.05) is 24.3 Å². The maximum Gasteiger partial charge on any atom is 0.272 e. The molecule has 0 fully saturated rings. The molecule has 9 nitrogen and oxygen atoms in total. The summed E-state index contributed by atoms with van der Waals surface area (Å²) in [4.78, 5) is 20.1. The van der Waals surface area contributed by atoms with Crippen molar-refractivity contribution in [2.24, 2.45) is 32.9 Å². The molecule has 0 bridgehead atoms. The number of rotatable bonds is 6. The Morgan fingerprint density at radius 1 is 0.917 bits per heavy atom. The zero-order chi connectivity index (χ0) is 17.5. The van der Waals surface area contributed by atoms with Gasteiger partial charge in [0, 0.05) is 11.8 Å². The lowest BCUT2D eigenvalue weighted by Crippen LogP contribution is -2.27. The second kappa shape index (κ2) is 7.77. The van der Waals surface area contributed by atoms with Crippen molar-refractivity contribution < 1.29 is 0 Å². The van der Waals surface area contributed by atoms with Crippen molar-refractivity contribution in [3.05, 3.63) is 63.6 Å². The molecule has 2 rings (SSSR count). The highest BCUT2D eigenvalue weighted by molar-refractivity contribution is 5.75. The molecule has 0 spiro atoms. The normalized spacial score (nSPS) is 10.2. The quantitative estimate of drug-likeness (QED) is 0.386. The molecule has 1 aromatic heterocycles. The highest BCUT2D eigenvalue weighted by Crippen LogP contribution is 2.06. The first kappa shape index (κ1) is 17.0. The van der Waals surface area contributed by atoms with Crippen molar-refractivity contribution in [3.63, 3.8) is 0 Å². The summed E-state index contributed by atoms with van der Waals surface area (Å²) in [6.45, 7) is 0.882. The average molecular weight is 328 g/mol. The molecular weight excluding hydrogens is 308 g/mol. The van der Waals surface area contributed by atoms with Crippen LogP contribution < -0.4 is 28.5 Å². The third-order valence-electron chi connectivity index (χ3n) is 3.22. The summed E-state index contributed by atoms with van der Waals surface area (Å²) in [5.74, 6) is -0.0125. The first-order chi connectivity index (χ1) is 11.5. The number of guanidine groups is 2. The molecule has 8 N–H and O–H groups in total. The fourth-order valence-corrected chi connectivity index (χ4v) is 2.01. The Kier molecular flexibility index (Phi) is 5.50. The number of benzene rings is 1. The smallest absolute Gasteiger partial charge is 0.272 e. The predicted octanol–water partition coefficient (Wildman–Crippen LogP) is -1.16. The Morgan fingerprint density at radius 2 is 1.50 bits per heavy atom. The molecule has 0 saturated carbocycles. The van der Waals surface area contributed by atoms with Crippen LogP contribution in [-0.4, -0.2) is 21.7 Å². The SMILES string of the molecule is NC(N)=NCc1ccc(Cn2nccc(CN=C(N)N)c2=O)cc1. The second-order valence-corrected chi connectivity index (χ2v) is 5.12. The van der Waals surface area contributed by atoms with Crippen molar-refractivity contribution in [1.82, 2.24) is 9.78 Å². The molecule has 9 heteroatoms. The van der Waals surface area contributed by atoms with E-state index in [1.54, 1.807) is 12.3 Å². The van der Waals surface area contributed by atoms with Gasteiger partial charge in [-0.2, -0.15) is 5.10 Å². The number of aliphatic imine (C=N–C) groups is 2. The predicted molar refractivity (Wildman–Crippen MR) is 93.1 cm³/mol. The minimum Gasteiger partial charge on any atom is -0.370 e. The van der Waals surface area contributed by atoms with E-state index in [4.69, 9.17) is 22.9 Å². The lowest BCUT2D eigenvalue weighted by molar-refractivity contribution is 0.629. The van der Waals surface area contributed by atoms with Gasteiger partial charge in [0.25, 0.3) is 5.56 Å². The molecule has 0 aliphatic rings. The van der Waals surface area contributed by atoms with Gasteiger partial charge < -0.3 is 22.9 Å². The van der Waals surface area contributed by atoms with Crippen LogP contribution in [0.5, 0.6) is 0 Å². The Labute approximate surface area is 138 Å². The number of hydrogen-bond donors (Lipinski definition) is 4. The number of nitrogens with two attached hydrogens (primary N) is 4. The minimum absolute atomic E-state index is 0.0485. The van der Waals surface area contributed by atoms with Gasteiger partial charge in [-0.25, -0.2) is 14.7 Å². The highest BCUT2D eigenvalue weighted by atomic mass is 16.1. The summed E-state index contributed by atoms with van der Waals surface area (Å²) < 4.78 is 1.36. The van der Waals surface area contributed by atoms with Crippen LogP contribution >= 0.6 is 0 Å². The van der Waals surface area contributed by atoms with Gasteiger partial charge in [0.15, 0.2) is 11.9 Å². The van der Waals surface area contributed by atoms with Crippen LogP contribution in [0, 0.1) is 0 Å². The third-order valence-corrected chi connectivity index (χ3v) is 3.22. The lowest BCUT2D eigenvalue weighted by atomic mass is 10.1. The monoisotopic (exact) mass is 328 g/mol. The summed E-state index contributed by atoms with van der Waals surface area (Å²) >= 11 is 0. The lowest BCUT2D eigenvalue weighted by Gasteiger charge is -2.07. The largest absolute Gasteiger partial charge is 0.370 e. The Bertz CT molecular complexity index is 799. The Balaban J connectivity index is 2.13.